The van der Waals surface area contributed by atoms with Crippen LogP contribution in [0, 0.1) is 0 Å². The van der Waals surface area contributed by atoms with E-state index >= 15 is 0 Å². The summed E-state index contributed by atoms with van der Waals surface area (Å²) >= 11 is 1.57. The minimum absolute atomic E-state index is 0.0629. The maximum Gasteiger partial charge on any atom is 0.257 e. The molecule has 2 aliphatic heterocycles. The van der Waals surface area contributed by atoms with Gasteiger partial charge in [-0.2, -0.15) is 0 Å². The van der Waals surface area contributed by atoms with Crippen molar-refractivity contribution in [1.29, 1.82) is 0 Å². The zero-order chi connectivity index (χ0) is 24.4. The Balaban J connectivity index is 1.43. The summed E-state index contributed by atoms with van der Waals surface area (Å²) in [5.74, 6) is 3.93. The van der Waals surface area contributed by atoms with Gasteiger partial charge in [-0.1, -0.05) is 24.6 Å². The van der Waals surface area contributed by atoms with E-state index in [0.29, 0.717) is 28.4 Å². The molecule has 188 valence electrons. The number of likely N-dealkylation sites (tertiary alicyclic amines) is 1. The van der Waals surface area contributed by atoms with Crippen LogP contribution < -0.4 is 5.32 Å². The van der Waals surface area contributed by atoms with E-state index in [1.165, 1.54) is 17.7 Å². The smallest absolute Gasteiger partial charge is 0.257 e. The van der Waals surface area contributed by atoms with E-state index < -0.39 is 15.7 Å². The van der Waals surface area contributed by atoms with Crippen LogP contribution in [0.25, 0.3) is 0 Å². The molecule has 3 heterocycles. The molecule has 0 radical (unpaired) electrons. The number of carbonyl (C=O) groups excluding carboxylic acids is 2. The van der Waals surface area contributed by atoms with E-state index in [-0.39, 0.29) is 11.8 Å². The molecule has 0 saturated carbocycles. The largest absolute Gasteiger partial charge is 0.339 e. The molecule has 1 aromatic heterocycles. The molecule has 0 bridgehead atoms. The summed E-state index contributed by atoms with van der Waals surface area (Å²) in [6.07, 6.45) is 9.89. The lowest BCUT2D eigenvalue weighted by Gasteiger charge is -2.28. The minimum atomic E-state index is -2.78. The summed E-state index contributed by atoms with van der Waals surface area (Å²) in [6.45, 7) is 2.14. The van der Waals surface area contributed by atoms with Crippen molar-refractivity contribution in [3.05, 3.63) is 46.3 Å². The third-order valence-corrected chi connectivity index (χ3v) is 10.9. The Hall–Kier alpha value is -2.16. The highest BCUT2D eigenvalue weighted by molar-refractivity contribution is 7.98. The molecule has 2 amide bonds. The Labute approximate surface area is 212 Å². The van der Waals surface area contributed by atoms with E-state index in [9.17, 15) is 13.8 Å². The topological polar surface area (TPSA) is 69.7 Å². The predicted octanol–water partition coefficient (Wildman–Crippen LogP) is 4.74. The molecule has 0 spiro atoms. The first-order chi connectivity index (χ1) is 17.0. The summed E-state index contributed by atoms with van der Waals surface area (Å²) in [5, 5.41) is 3.82. The van der Waals surface area contributed by atoms with Gasteiger partial charge in [0.25, 0.3) is 5.91 Å². The Morgan fingerprint density at radius 3 is 2.43 bits per heavy atom. The molecule has 3 aliphatic rings. The van der Waals surface area contributed by atoms with Crippen LogP contribution in [0.15, 0.2) is 35.2 Å². The van der Waals surface area contributed by atoms with Crippen molar-refractivity contribution in [2.75, 3.05) is 25.0 Å². The molecule has 1 aromatic carbocycles. The minimum Gasteiger partial charge on any atom is -0.339 e. The van der Waals surface area contributed by atoms with Gasteiger partial charge in [-0.15, -0.1) is 11.3 Å². The van der Waals surface area contributed by atoms with Crippen molar-refractivity contribution < 1.29 is 13.8 Å². The average molecular weight is 514 g/mol. The highest BCUT2D eigenvalue weighted by Crippen LogP contribution is 2.39. The number of aryl methyl sites for hydroxylation is 1. The van der Waals surface area contributed by atoms with Gasteiger partial charge in [0.2, 0.25) is 5.91 Å². The third kappa shape index (κ3) is 4.93. The van der Waals surface area contributed by atoms with Crippen molar-refractivity contribution in [2.45, 2.75) is 75.1 Å². The first kappa shape index (κ1) is 24.5. The molecule has 1 unspecified atom stereocenters. The molecular weight excluding hydrogens is 478 g/mol. The van der Waals surface area contributed by atoms with E-state index in [4.69, 9.17) is 0 Å². The summed E-state index contributed by atoms with van der Waals surface area (Å²) in [7, 11) is -2.78. The number of anilines is 1. The molecule has 1 N–H and O–H groups in total. The van der Waals surface area contributed by atoms with Crippen LogP contribution in [0.5, 0.6) is 0 Å². The van der Waals surface area contributed by atoms with Crippen LogP contribution in [0.4, 0.5) is 5.00 Å². The fourth-order valence-corrected chi connectivity index (χ4v) is 8.80. The number of amides is 2. The van der Waals surface area contributed by atoms with Crippen molar-refractivity contribution in [1.82, 2.24) is 9.21 Å². The molecule has 1 aliphatic carbocycles. The average Bonchev–Trinajstić information content (AvgIpc) is 3.44. The summed E-state index contributed by atoms with van der Waals surface area (Å²) in [4.78, 5) is 31.2. The second-order valence-electron chi connectivity index (χ2n) is 9.86. The monoisotopic (exact) mass is 513 g/mol. The SMILES string of the molecule is C=S(=O)(c1ccccc1)N1CCC[C@@H]1C(=O)Nc1sc2c(c1C(=O)N1CCCCC1)CCCCC2. The van der Waals surface area contributed by atoms with E-state index in [2.05, 4.69) is 11.2 Å². The number of thiophene rings is 1. The first-order valence-corrected chi connectivity index (χ1v) is 15.4. The van der Waals surface area contributed by atoms with Gasteiger partial charge in [-0.25, -0.2) is 8.51 Å². The number of nitrogens with one attached hydrogen (secondary N) is 1. The highest BCUT2D eigenvalue weighted by atomic mass is 32.2. The lowest BCUT2D eigenvalue weighted by molar-refractivity contribution is -0.119. The Kier molecular flexibility index (Phi) is 7.32. The zero-order valence-corrected chi connectivity index (χ0v) is 21.9. The van der Waals surface area contributed by atoms with Crippen molar-refractivity contribution >= 4 is 43.7 Å². The van der Waals surface area contributed by atoms with Crippen LogP contribution in [0.3, 0.4) is 0 Å². The van der Waals surface area contributed by atoms with E-state index in [0.717, 1.165) is 63.6 Å². The van der Waals surface area contributed by atoms with E-state index in [1.807, 2.05) is 35.2 Å². The Morgan fingerprint density at radius 2 is 1.66 bits per heavy atom. The van der Waals surface area contributed by atoms with Crippen LogP contribution in [-0.2, 0) is 27.3 Å². The third-order valence-electron chi connectivity index (χ3n) is 7.51. The maximum absolute atomic E-state index is 13.7. The fraction of sp³-hybridized carbons (Fsp3) is 0.519. The van der Waals surface area contributed by atoms with Crippen molar-refractivity contribution in [3.63, 3.8) is 0 Å². The molecule has 2 fully saturated rings. The van der Waals surface area contributed by atoms with Crippen LogP contribution >= 0.6 is 11.3 Å². The fourth-order valence-electron chi connectivity index (χ4n) is 5.63. The molecule has 2 aromatic rings. The van der Waals surface area contributed by atoms with Crippen LogP contribution in [-0.4, -0.2) is 56.8 Å². The quantitative estimate of drug-likeness (QED) is 0.464. The van der Waals surface area contributed by atoms with Crippen molar-refractivity contribution in [3.8, 4) is 0 Å². The molecule has 35 heavy (non-hydrogen) atoms. The molecule has 2 atom stereocenters. The highest BCUT2D eigenvalue weighted by Gasteiger charge is 2.38. The molecule has 5 rings (SSSR count). The molecule has 6 nitrogen and oxygen atoms in total. The second-order valence-corrected chi connectivity index (χ2v) is 13.2. The van der Waals surface area contributed by atoms with Gasteiger partial charge in [0.1, 0.15) is 11.0 Å². The maximum atomic E-state index is 13.7. The van der Waals surface area contributed by atoms with Gasteiger partial charge in [0.05, 0.1) is 15.3 Å². The predicted molar refractivity (Wildman–Crippen MR) is 144 cm³/mol. The number of carbonyl (C=O) groups is 2. The summed E-state index contributed by atoms with van der Waals surface area (Å²) < 4.78 is 15.5. The molecular formula is C27H35N3O3S2. The normalized spacial score (nSPS) is 22.7. The summed E-state index contributed by atoms with van der Waals surface area (Å²) in [6, 6.07) is 8.68. The van der Waals surface area contributed by atoms with Crippen LogP contribution in [0.2, 0.25) is 0 Å². The van der Waals surface area contributed by atoms with Gasteiger partial charge in [0.15, 0.2) is 0 Å². The van der Waals surface area contributed by atoms with Gasteiger partial charge >= 0.3 is 0 Å². The van der Waals surface area contributed by atoms with Crippen LogP contribution in [0.1, 0.15) is 72.2 Å². The summed E-state index contributed by atoms with van der Waals surface area (Å²) in [5.41, 5.74) is 1.86. The van der Waals surface area contributed by atoms with Gasteiger partial charge < -0.3 is 10.2 Å². The Bertz CT molecular complexity index is 1180. The number of piperidine rings is 1. The van der Waals surface area contributed by atoms with E-state index in [1.54, 1.807) is 15.6 Å². The molecule has 2 saturated heterocycles. The standard InChI is InChI=1S/C27H35N3O3S2/c1-35(33,20-12-5-2-6-13-20)30-19-11-15-22(30)25(31)28-26-24(27(32)29-17-9-4-10-18-29)21-14-7-3-8-16-23(21)34-26/h2,5-6,12-13,22H,1,3-4,7-11,14-19H2,(H,28,31)/t22-,35?/m1/s1. The lowest BCUT2D eigenvalue weighted by atomic mass is 10.0. The number of fused-ring (bicyclic) bond motifs is 1. The van der Waals surface area contributed by atoms with Crippen molar-refractivity contribution in [2.24, 2.45) is 0 Å². The Morgan fingerprint density at radius 1 is 0.943 bits per heavy atom. The van der Waals surface area contributed by atoms with Gasteiger partial charge in [0, 0.05) is 29.4 Å². The van der Waals surface area contributed by atoms with Gasteiger partial charge in [-0.3, -0.25) is 9.59 Å². The second kappa shape index (κ2) is 10.4. The lowest BCUT2D eigenvalue weighted by Crippen LogP contribution is -2.43. The number of hydrogen-bond acceptors (Lipinski definition) is 4. The van der Waals surface area contributed by atoms with Gasteiger partial charge in [-0.05, 0) is 81.4 Å². The first-order valence-electron chi connectivity index (χ1n) is 12.9. The number of benzene rings is 1. The number of rotatable bonds is 5. The number of nitrogens with zero attached hydrogens (tertiary/aromatic N) is 2. The zero-order valence-electron chi connectivity index (χ0n) is 20.3. The molecule has 8 heteroatoms. The number of hydrogen-bond donors (Lipinski definition) is 1.